The fourth-order valence-electron chi connectivity index (χ4n) is 2.31. The number of nitrogens with one attached hydrogen (secondary N) is 2. The zero-order chi connectivity index (χ0) is 13.0. The number of carbonyl (C=O) groups is 1. The van der Waals surface area contributed by atoms with E-state index in [1.54, 1.807) is 6.07 Å². The quantitative estimate of drug-likeness (QED) is 0.859. The van der Waals surface area contributed by atoms with E-state index in [4.69, 9.17) is 0 Å². The van der Waals surface area contributed by atoms with Crippen LogP contribution in [0.25, 0.3) is 0 Å². The Kier molecular flexibility index (Phi) is 4.31. The molecule has 1 fully saturated rings. The molecule has 1 amide bonds. The van der Waals surface area contributed by atoms with E-state index in [-0.39, 0.29) is 17.8 Å². The van der Waals surface area contributed by atoms with E-state index >= 15 is 0 Å². The molecular weight excluding hydrogens is 231 g/mol. The van der Waals surface area contributed by atoms with Gasteiger partial charge in [0.25, 0.3) is 0 Å². The summed E-state index contributed by atoms with van der Waals surface area (Å²) in [6.45, 7) is 2.87. The highest BCUT2D eigenvalue weighted by atomic mass is 19.1. The molecule has 18 heavy (non-hydrogen) atoms. The third kappa shape index (κ3) is 3.53. The van der Waals surface area contributed by atoms with Gasteiger partial charge in [-0.3, -0.25) is 4.79 Å². The summed E-state index contributed by atoms with van der Waals surface area (Å²) in [6, 6.07) is 6.48. The molecule has 0 aromatic heterocycles. The van der Waals surface area contributed by atoms with Gasteiger partial charge in [-0.15, -0.1) is 0 Å². The molecule has 0 radical (unpaired) electrons. The molecular formula is C14H19FN2O. The van der Waals surface area contributed by atoms with Crippen molar-refractivity contribution in [3.63, 3.8) is 0 Å². The third-order valence-corrected chi connectivity index (χ3v) is 3.32. The first-order valence-corrected chi connectivity index (χ1v) is 6.43. The Balaban J connectivity index is 1.86. The van der Waals surface area contributed by atoms with Gasteiger partial charge >= 0.3 is 0 Å². The van der Waals surface area contributed by atoms with Gasteiger partial charge < -0.3 is 10.6 Å². The third-order valence-electron chi connectivity index (χ3n) is 3.32. The lowest BCUT2D eigenvalue weighted by atomic mass is 10.1. The number of hydrogen-bond acceptors (Lipinski definition) is 2. The molecule has 1 unspecified atom stereocenters. The summed E-state index contributed by atoms with van der Waals surface area (Å²) in [4.78, 5) is 11.8. The zero-order valence-corrected chi connectivity index (χ0v) is 10.6. The maximum atomic E-state index is 13.1. The van der Waals surface area contributed by atoms with E-state index in [0.29, 0.717) is 12.5 Å². The van der Waals surface area contributed by atoms with E-state index in [0.717, 1.165) is 24.9 Å². The molecule has 2 rings (SSSR count). The predicted octanol–water partition coefficient (Wildman–Crippen LogP) is 2.14. The summed E-state index contributed by atoms with van der Waals surface area (Å²) in [5.74, 6) is -0.253. The number of halogens is 1. The highest BCUT2D eigenvalue weighted by molar-refractivity contribution is 5.77. The van der Waals surface area contributed by atoms with Crippen LogP contribution in [-0.2, 0) is 4.79 Å². The van der Waals surface area contributed by atoms with Crippen LogP contribution in [-0.4, -0.2) is 18.5 Å². The Bertz CT molecular complexity index is 416. The van der Waals surface area contributed by atoms with Crippen molar-refractivity contribution < 1.29 is 9.18 Å². The van der Waals surface area contributed by atoms with E-state index in [1.807, 2.05) is 13.0 Å². The molecule has 0 aliphatic carbocycles. The first-order chi connectivity index (χ1) is 8.65. The standard InChI is InChI=1S/C14H19FN2O/c1-10(11-4-2-5-12(15)8-11)17-14(18)9-13-6-3-7-16-13/h2,4-5,8,10,13,16H,3,6-7,9H2,1H3,(H,17,18)/t10-,13?/m0/s1. The maximum absolute atomic E-state index is 13.1. The van der Waals surface area contributed by atoms with Crippen LogP contribution in [0.4, 0.5) is 4.39 Å². The van der Waals surface area contributed by atoms with E-state index in [2.05, 4.69) is 10.6 Å². The van der Waals surface area contributed by atoms with E-state index in [9.17, 15) is 9.18 Å². The van der Waals surface area contributed by atoms with Crippen molar-refractivity contribution in [1.29, 1.82) is 0 Å². The SMILES string of the molecule is C[C@H](NC(=O)CC1CCCN1)c1cccc(F)c1. The van der Waals surface area contributed by atoms with Crippen LogP contribution >= 0.6 is 0 Å². The fraction of sp³-hybridized carbons (Fsp3) is 0.500. The van der Waals surface area contributed by atoms with Gasteiger partial charge in [0.05, 0.1) is 6.04 Å². The average Bonchev–Trinajstić information content (AvgIpc) is 2.81. The summed E-state index contributed by atoms with van der Waals surface area (Å²) < 4.78 is 13.1. The number of rotatable bonds is 4. The van der Waals surface area contributed by atoms with Crippen LogP contribution in [0.15, 0.2) is 24.3 Å². The van der Waals surface area contributed by atoms with Crippen molar-refractivity contribution in [3.05, 3.63) is 35.6 Å². The topological polar surface area (TPSA) is 41.1 Å². The monoisotopic (exact) mass is 250 g/mol. The van der Waals surface area contributed by atoms with Crippen LogP contribution < -0.4 is 10.6 Å². The number of amides is 1. The van der Waals surface area contributed by atoms with Crippen LogP contribution in [0.5, 0.6) is 0 Å². The van der Waals surface area contributed by atoms with Crippen LogP contribution in [0, 0.1) is 5.82 Å². The minimum Gasteiger partial charge on any atom is -0.350 e. The molecule has 1 aromatic rings. The maximum Gasteiger partial charge on any atom is 0.222 e. The molecule has 0 bridgehead atoms. The van der Waals surface area contributed by atoms with Gasteiger partial charge in [-0.25, -0.2) is 4.39 Å². The Morgan fingerprint density at radius 3 is 3.11 bits per heavy atom. The molecule has 0 saturated carbocycles. The summed E-state index contributed by atoms with van der Waals surface area (Å²) in [5, 5.41) is 6.19. The van der Waals surface area contributed by atoms with Crippen molar-refractivity contribution >= 4 is 5.91 Å². The lowest BCUT2D eigenvalue weighted by Crippen LogP contribution is -2.33. The normalized spacial score (nSPS) is 20.7. The molecule has 1 saturated heterocycles. The van der Waals surface area contributed by atoms with Gasteiger partial charge in [0.15, 0.2) is 0 Å². The lowest BCUT2D eigenvalue weighted by molar-refractivity contribution is -0.122. The second kappa shape index (κ2) is 5.96. The van der Waals surface area contributed by atoms with Crippen molar-refractivity contribution in [2.24, 2.45) is 0 Å². The van der Waals surface area contributed by atoms with E-state index < -0.39 is 0 Å². The van der Waals surface area contributed by atoms with Gasteiger partial charge in [0.1, 0.15) is 5.82 Å². The first kappa shape index (κ1) is 13.0. The minimum absolute atomic E-state index is 0.0196. The fourth-order valence-corrected chi connectivity index (χ4v) is 2.31. The van der Waals surface area contributed by atoms with Gasteiger partial charge in [-0.2, -0.15) is 0 Å². The molecule has 2 N–H and O–H groups in total. The second-order valence-electron chi connectivity index (χ2n) is 4.84. The van der Waals surface area contributed by atoms with Crippen LogP contribution in [0.3, 0.4) is 0 Å². The molecule has 3 nitrogen and oxygen atoms in total. The average molecular weight is 250 g/mol. The van der Waals surface area contributed by atoms with Crippen molar-refractivity contribution in [3.8, 4) is 0 Å². The molecule has 4 heteroatoms. The summed E-state index contributed by atoms with van der Waals surface area (Å²) in [7, 11) is 0. The highest BCUT2D eigenvalue weighted by Crippen LogP contribution is 2.14. The smallest absolute Gasteiger partial charge is 0.222 e. The Morgan fingerprint density at radius 1 is 1.61 bits per heavy atom. The zero-order valence-electron chi connectivity index (χ0n) is 10.6. The van der Waals surface area contributed by atoms with Crippen LogP contribution in [0.1, 0.15) is 37.8 Å². The number of carbonyl (C=O) groups excluding carboxylic acids is 1. The molecule has 1 aromatic carbocycles. The van der Waals surface area contributed by atoms with Gasteiger partial charge in [-0.1, -0.05) is 12.1 Å². The molecule has 2 atom stereocenters. The summed E-state index contributed by atoms with van der Waals surface area (Å²) >= 11 is 0. The molecule has 1 aliphatic rings. The Hall–Kier alpha value is -1.42. The van der Waals surface area contributed by atoms with Gasteiger partial charge in [0, 0.05) is 12.5 Å². The predicted molar refractivity (Wildman–Crippen MR) is 68.6 cm³/mol. The van der Waals surface area contributed by atoms with Crippen LogP contribution in [0.2, 0.25) is 0 Å². The second-order valence-corrected chi connectivity index (χ2v) is 4.84. The lowest BCUT2D eigenvalue weighted by Gasteiger charge is -2.16. The number of benzene rings is 1. The summed E-state index contributed by atoms with van der Waals surface area (Å²) in [5.41, 5.74) is 0.794. The van der Waals surface area contributed by atoms with Crippen molar-refractivity contribution in [2.45, 2.75) is 38.3 Å². The first-order valence-electron chi connectivity index (χ1n) is 6.43. The van der Waals surface area contributed by atoms with Gasteiger partial charge in [0.2, 0.25) is 5.91 Å². The van der Waals surface area contributed by atoms with E-state index in [1.165, 1.54) is 12.1 Å². The van der Waals surface area contributed by atoms with Crippen molar-refractivity contribution in [2.75, 3.05) is 6.54 Å². The molecule has 0 spiro atoms. The van der Waals surface area contributed by atoms with Gasteiger partial charge in [-0.05, 0) is 44.0 Å². The Morgan fingerprint density at radius 2 is 2.44 bits per heavy atom. The number of hydrogen-bond donors (Lipinski definition) is 2. The Labute approximate surface area is 107 Å². The summed E-state index contributed by atoms with van der Waals surface area (Å²) in [6.07, 6.45) is 2.69. The highest BCUT2D eigenvalue weighted by Gasteiger charge is 2.18. The van der Waals surface area contributed by atoms with Crippen molar-refractivity contribution in [1.82, 2.24) is 10.6 Å². The molecule has 1 heterocycles. The molecule has 98 valence electrons. The molecule has 1 aliphatic heterocycles. The largest absolute Gasteiger partial charge is 0.350 e. The minimum atomic E-state index is -0.272.